The number of nitrogens with zero attached hydrogens (tertiary/aromatic N) is 1. The van der Waals surface area contributed by atoms with Gasteiger partial charge < -0.3 is 10.3 Å². The SMILES string of the molecule is O=C(NCc1ccc([N+](=O)[O-])cc1)c1ccc(-c2ccccc2)[nH]c1=O. The smallest absolute Gasteiger partial charge is 0.269 e. The number of H-pyrrole nitrogens is 1. The van der Waals surface area contributed by atoms with E-state index < -0.39 is 16.4 Å². The monoisotopic (exact) mass is 349 g/mol. The summed E-state index contributed by atoms with van der Waals surface area (Å²) in [7, 11) is 0. The Morgan fingerprint density at radius 3 is 2.31 bits per heavy atom. The van der Waals surface area contributed by atoms with Crippen molar-refractivity contribution >= 4 is 11.6 Å². The van der Waals surface area contributed by atoms with Crippen molar-refractivity contribution in [3.63, 3.8) is 0 Å². The van der Waals surface area contributed by atoms with Crippen LogP contribution in [0.3, 0.4) is 0 Å². The second kappa shape index (κ2) is 7.43. The number of aromatic nitrogens is 1. The highest BCUT2D eigenvalue weighted by Crippen LogP contribution is 2.15. The van der Waals surface area contributed by atoms with Crippen molar-refractivity contribution in [1.29, 1.82) is 0 Å². The lowest BCUT2D eigenvalue weighted by molar-refractivity contribution is -0.384. The van der Waals surface area contributed by atoms with Gasteiger partial charge in [-0.2, -0.15) is 0 Å². The lowest BCUT2D eigenvalue weighted by Crippen LogP contribution is -2.29. The van der Waals surface area contributed by atoms with E-state index in [1.165, 1.54) is 18.2 Å². The maximum Gasteiger partial charge on any atom is 0.269 e. The second-order valence-electron chi connectivity index (χ2n) is 5.59. The van der Waals surface area contributed by atoms with E-state index in [1.54, 1.807) is 18.2 Å². The molecule has 1 amide bonds. The zero-order valence-electron chi connectivity index (χ0n) is 13.6. The maximum absolute atomic E-state index is 12.2. The lowest BCUT2D eigenvalue weighted by Gasteiger charge is -2.06. The molecular weight excluding hydrogens is 334 g/mol. The highest BCUT2D eigenvalue weighted by atomic mass is 16.6. The molecule has 0 aliphatic carbocycles. The largest absolute Gasteiger partial charge is 0.348 e. The fraction of sp³-hybridized carbons (Fsp3) is 0.0526. The van der Waals surface area contributed by atoms with Crippen LogP contribution in [0.25, 0.3) is 11.3 Å². The Labute approximate surface area is 148 Å². The summed E-state index contributed by atoms with van der Waals surface area (Å²) in [5.41, 5.74) is 1.68. The molecule has 3 aromatic rings. The highest BCUT2D eigenvalue weighted by molar-refractivity contribution is 5.94. The zero-order chi connectivity index (χ0) is 18.5. The number of benzene rings is 2. The van der Waals surface area contributed by atoms with E-state index in [1.807, 2.05) is 30.3 Å². The summed E-state index contributed by atoms with van der Waals surface area (Å²) in [4.78, 5) is 37.3. The third-order valence-corrected chi connectivity index (χ3v) is 3.84. The first kappa shape index (κ1) is 17.1. The van der Waals surface area contributed by atoms with Crippen LogP contribution in [0.15, 0.2) is 71.5 Å². The molecule has 130 valence electrons. The Morgan fingerprint density at radius 1 is 1.00 bits per heavy atom. The van der Waals surface area contributed by atoms with Crippen LogP contribution in [0.1, 0.15) is 15.9 Å². The van der Waals surface area contributed by atoms with Crippen molar-refractivity contribution in [1.82, 2.24) is 10.3 Å². The van der Waals surface area contributed by atoms with E-state index in [0.29, 0.717) is 11.3 Å². The molecule has 7 heteroatoms. The number of aromatic amines is 1. The number of nitrogens with one attached hydrogen (secondary N) is 2. The summed E-state index contributed by atoms with van der Waals surface area (Å²) in [6, 6.07) is 18.3. The summed E-state index contributed by atoms with van der Waals surface area (Å²) < 4.78 is 0. The van der Waals surface area contributed by atoms with Gasteiger partial charge in [0.1, 0.15) is 5.56 Å². The molecule has 0 atom stereocenters. The standard InChI is InChI=1S/C19H15N3O4/c23-18(20-12-13-6-8-15(9-7-13)22(25)26)16-10-11-17(21-19(16)24)14-4-2-1-3-5-14/h1-11H,12H2,(H,20,23)(H,21,24). The molecular formula is C19H15N3O4. The average Bonchev–Trinajstić information content (AvgIpc) is 2.67. The molecule has 1 aromatic heterocycles. The minimum absolute atomic E-state index is 0.00610. The van der Waals surface area contributed by atoms with Crippen molar-refractivity contribution in [2.45, 2.75) is 6.54 Å². The van der Waals surface area contributed by atoms with Gasteiger partial charge in [-0.05, 0) is 23.3 Å². The molecule has 0 saturated carbocycles. The number of rotatable bonds is 5. The van der Waals surface area contributed by atoms with Gasteiger partial charge in [-0.1, -0.05) is 42.5 Å². The van der Waals surface area contributed by atoms with Crippen LogP contribution in [0.5, 0.6) is 0 Å². The van der Waals surface area contributed by atoms with Crippen LogP contribution >= 0.6 is 0 Å². The number of hydrogen-bond donors (Lipinski definition) is 2. The first-order valence-corrected chi connectivity index (χ1v) is 7.85. The minimum atomic E-state index is -0.510. The number of amides is 1. The molecule has 0 aliphatic rings. The molecule has 0 radical (unpaired) electrons. The molecule has 0 spiro atoms. The van der Waals surface area contributed by atoms with Crippen LogP contribution in [0.4, 0.5) is 5.69 Å². The van der Waals surface area contributed by atoms with E-state index in [2.05, 4.69) is 10.3 Å². The van der Waals surface area contributed by atoms with Crippen molar-refractivity contribution in [3.05, 3.63) is 98.3 Å². The average molecular weight is 349 g/mol. The van der Waals surface area contributed by atoms with Gasteiger partial charge in [0, 0.05) is 24.4 Å². The van der Waals surface area contributed by atoms with Gasteiger partial charge in [-0.15, -0.1) is 0 Å². The molecule has 0 fully saturated rings. The van der Waals surface area contributed by atoms with Gasteiger partial charge in [-0.25, -0.2) is 0 Å². The first-order chi connectivity index (χ1) is 12.5. The first-order valence-electron chi connectivity index (χ1n) is 7.85. The highest BCUT2D eigenvalue weighted by Gasteiger charge is 2.12. The fourth-order valence-corrected chi connectivity index (χ4v) is 2.45. The Morgan fingerprint density at radius 2 is 1.69 bits per heavy atom. The van der Waals surface area contributed by atoms with Gasteiger partial charge in [0.2, 0.25) is 0 Å². The third-order valence-electron chi connectivity index (χ3n) is 3.84. The Kier molecular flexibility index (Phi) is 4.89. The molecule has 0 bridgehead atoms. The molecule has 2 N–H and O–H groups in total. The van der Waals surface area contributed by atoms with Gasteiger partial charge in [-0.3, -0.25) is 19.7 Å². The van der Waals surface area contributed by atoms with Crippen molar-refractivity contribution in [3.8, 4) is 11.3 Å². The number of nitro groups is 1. The van der Waals surface area contributed by atoms with Crippen molar-refractivity contribution in [2.24, 2.45) is 0 Å². The fourth-order valence-electron chi connectivity index (χ4n) is 2.45. The van der Waals surface area contributed by atoms with Crippen LogP contribution < -0.4 is 10.9 Å². The van der Waals surface area contributed by atoms with E-state index >= 15 is 0 Å². The molecule has 0 unspecified atom stereocenters. The van der Waals surface area contributed by atoms with Crippen molar-refractivity contribution in [2.75, 3.05) is 0 Å². The number of nitro benzene ring substituents is 1. The van der Waals surface area contributed by atoms with Gasteiger partial charge in [0.05, 0.1) is 4.92 Å². The molecule has 7 nitrogen and oxygen atoms in total. The number of pyridine rings is 1. The van der Waals surface area contributed by atoms with Crippen LogP contribution in [0, 0.1) is 10.1 Å². The molecule has 0 saturated heterocycles. The van der Waals surface area contributed by atoms with Crippen molar-refractivity contribution < 1.29 is 9.72 Å². The quantitative estimate of drug-likeness (QED) is 0.546. The molecule has 3 rings (SSSR count). The Hall–Kier alpha value is -3.74. The number of non-ortho nitro benzene ring substituents is 1. The predicted molar refractivity (Wildman–Crippen MR) is 96.8 cm³/mol. The zero-order valence-corrected chi connectivity index (χ0v) is 13.6. The van der Waals surface area contributed by atoms with Gasteiger partial charge >= 0.3 is 0 Å². The summed E-state index contributed by atoms with van der Waals surface area (Å²) in [6.07, 6.45) is 0. The van der Waals surface area contributed by atoms with E-state index in [9.17, 15) is 19.7 Å². The summed E-state index contributed by atoms with van der Waals surface area (Å²) in [6.45, 7) is 0.163. The normalized spacial score (nSPS) is 10.3. The minimum Gasteiger partial charge on any atom is -0.348 e. The molecule has 26 heavy (non-hydrogen) atoms. The van der Waals surface area contributed by atoms with Gasteiger partial charge in [0.15, 0.2) is 0 Å². The lowest BCUT2D eigenvalue weighted by atomic mass is 10.1. The van der Waals surface area contributed by atoms with E-state index in [-0.39, 0.29) is 17.8 Å². The van der Waals surface area contributed by atoms with Gasteiger partial charge in [0.25, 0.3) is 17.2 Å². The molecule has 1 heterocycles. The summed E-state index contributed by atoms with van der Waals surface area (Å²) in [5, 5.41) is 13.3. The molecule has 0 aliphatic heterocycles. The second-order valence-corrected chi connectivity index (χ2v) is 5.59. The number of carbonyl (C=O) groups excluding carboxylic acids is 1. The van der Waals surface area contributed by atoms with Crippen LogP contribution in [0.2, 0.25) is 0 Å². The summed E-state index contributed by atoms with van der Waals surface area (Å²) in [5.74, 6) is -0.510. The Balaban J connectivity index is 1.70. The molecule has 2 aromatic carbocycles. The van der Waals surface area contributed by atoms with E-state index in [0.717, 1.165) is 5.56 Å². The number of carbonyl (C=O) groups is 1. The predicted octanol–water partition coefficient (Wildman–Crippen LogP) is 2.88. The maximum atomic E-state index is 12.2. The number of hydrogen-bond acceptors (Lipinski definition) is 4. The Bertz CT molecular complexity index is 995. The third kappa shape index (κ3) is 3.84. The summed E-state index contributed by atoms with van der Waals surface area (Å²) >= 11 is 0. The van der Waals surface area contributed by atoms with Crippen LogP contribution in [-0.4, -0.2) is 15.8 Å². The van der Waals surface area contributed by atoms with E-state index in [4.69, 9.17) is 0 Å². The topological polar surface area (TPSA) is 105 Å². The van der Waals surface area contributed by atoms with Crippen LogP contribution in [-0.2, 0) is 6.54 Å².